The number of nitrogens with zero attached hydrogens (tertiary/aromatic N) is 1. The lowest BCUT2D eigenvalue weighted by Gasteiger charge is -2.09. The topological polar surface area (TPSA) is 178 Å². The Morgan fingerprint density at radius 3 is 1.45 bits per heavy atom. The van der Waals surface area contributed by atoms with E-state index in [1.54, 1.807) is 66.0 Å². The van der Waals surface area contributed by atoms with Gasteiger partial charge in [-0.1, -0.05) is 96.2 Å². The number of hydrogen-bond acceptors (Lipinski definition) is 10. The molecule has 0 radical (unpaired) electrons. The summed E-state index contributed by atoms with van der Waals surface area (Å²) in [7, 11) is 0. The first-order valence-corrected chi connectivity index (χ1v) is 21.7. The zero-order valence-corrected chi connectivity index (χ0v) is 36.3. The lowest BCUT2D eigenvalue weighted by atomic mass is 10.1. The second kappa shape index (κ2) is 25.3. The smallest absolute Gasteiger partial charge is 0.345 e. The van der Waals surface area contributed by atoms with Crippen molar-refractivity contribution in [1.29, 1.82) is 0 Å². The number of aromatic nitrogens is 1. The van der Waals surface area contributed by atoms with Gasteiger partial charge >= 0.3 is 5.97 Å². The van der Waals surface area contributed by atoms with E-state index in [1.165, 1.54) is 45.9 Å². The Labute approximate surface area is 381 Å². The van der Waals surface area contributed by atoms with Gasteiger partial charge in [-0.05, 0) is 132 Å². The number of nitrogens with two attached hydrogens (primary N) is 1. The largest absolute Gasteiger partial charge is 0.477 e. The lowest BCUT2D eigenvalue weighted by molar-refractivity contribution is 0.0701. The third kappa shape index (κ3) is 16.4. The van der Waals surface area contributed by atoms with Crippen LogP contribution in [0.4, 0.5) is 5.69 Å². The first kappa shape index (κ1) is 46.7. The minimum atomic E-state index is -0.847. The number of ether oxygens (including phenoxy) is 2. The van der Waals surface area contributed by atoms with Crippen LogP contribution < -0.4 is 31.2 Å². The van der Waals surface area contributed by atoms with E-state index in [4.69, 9.17) is 24.8 Å². The van der Waals surface area contributed by atoms with Gasteiger partial charge in [0.05, 0.1) is 6.20 Å². The van der Waals surface area contributed by atoms with Gasteiger partial charge in [-0.3, -0.25) is 9.59 Å². The SMILES string of the molecule is NC(=O)c1ccc(Oc2ccc(CCNCc3ccccc3)cc2)cc1.O=C(Nc1ccc(Oc2ccc(CCNCc3ccccc3)cc2)cc1)c1ccno1.O=C(O)c1cccs1. The summed E-state index contributed by atoms with van der Waals surface area (Å²) in [4.78, 5) is 33.5. The maximum Gasteiger partial charge on any atom is 0.345 e. The molecule has 330 valence electrons. The number of amides is 2. The molecule has 8 rings (SSSR count). The molecule has 2 aromatic heterocycles. The van der Waals surface area contributed by atoms with Gasteiger partial charge in [0.15, 0.2) is 0 Å². The van der Waals surface area contributed by atoms with Gasteiger partial charge in [-0.15, -0.1) is 11.3 Å². The fourth-order valence-electron chi connectivity index (χ4n) is 6.06. The van der Waals surface area contributed by atoms with Gasteiger partial charge < -0.3 is 40.8 Å². The molecule has 12 nitrogen and oxygen atoms in total. The summed E-state index contributed by atoms with van der Waals surface area (Å²) in [5, 5.41) is 23.2. The normalized spacial score (nSPS) is 10.3. The number of primary amides is 1. The van der Waals surface area contributed by atoms with Crippen molar-refractivity contribution in [3.05, 3.63) is 226 Å². The average Bonchev–Trinajstić information content (AvgIpc) is 4.10. The first-order valence-electron chi connectivity index (χ1n) is 20.8. The molecule has 0 aliphatic carbocycles. The summed E-state index contributed by atoms with van der Waals surface area (Å²) in [5.74, 6) is 1.41. The number of aromatic carboxylic acids is 1. The molecule has 2 amide bonds. The molecule has 0 atom stereocenters. The van der Waals surface area contributed by atoms with Crippen LogP contribution in [-0.2, 0) is 25.9 Å². The van der Waals surface area contributed by atoms with Crippen LogP contribution in [-0.4, -0.2) is 41.1 Å². The summed E-state index contributed by atoms with van der Waals surface area (Å²) in [6.45, 7) is 3.58. The van der Waals surface area contributed by atoms with Crippen LogP contribution in [0.15, 0.2) is 192 Å². The molecule has 0 aliphatic heterocycles. The Hall–Kier alpha value is -7.84. The molecule has 8 aromatic rings. The number of thiophene rings is 1. The van der Waals surface area contributed by atoms with Gasteiger partial charge in [0.25, 0.3) is 5.91 Å². The van der Waals surface area contributed by atoms with Crippen LogP contribution in [0.2, 0.25) is 0 Å². The van der Waals surface area contributed by atoms with Crippen molar-refractivity contribution in [1.82, 2.24) is 15.8 Å². The number of carbonyl (C=O) groups is 3. The second-order valence-corrected chi connectivity index (χ2v) is 15.3. The highest BCUT2D eigenvalue weighted by molar-refractivity contribution is 7.11. The number of carboxylic acids is 1. The third-order valence-electron chi connectivity index (χ3n) is 9.49. The molecular weight excluding hydrogens is 839 g/mol. The molecule has 0 spiro atoms. The van der Waals surface area contributed by atoms with Crippen molar-refractivity contribution >= 4 is 34.8 Å². The molecule has 0 bridgehead atoms. The highest BCUT2D eigenvalue weighted by Crippen LogP contribution is 2.25. The molecule has 6 N–H and O–H groups in total. The lowest BCUT2D eigenvalue weighted by Crippen LogP contribution is -2.16. The van der Waals surface area contributed by atoms with E-state index in [9.17, 15) is 14.4 Å². The maximum atomic E-state index is 12.0. The Kier molecular flexibility index (Phi) is 18.2. The zero-order chi connectivity index (χ0) is 45.5. The molecule has 2 heterocycles. The number of anilines is 1. The van der Waals surface area contributed by atoms with E-state index in [-0.39, 0.29) is 11.7 Å². The number of benzene rings is 6. The molecule has 6 aromatic carbocycles. The summed E-state index contributed by atoms with van der Waals surface area (Å²) in [6, 6.07) is 55.6. The summed E-state index contributed by atoms with van der Waals surface area (Å²) in [6.07, 6.45) is 3.34. The Bertz CT molecular complexity index is 2610. The average molecular weight is 888 g/mol. The fraction of sp³-hybridized carbons (Fsp3) is 0.115. The van der Waals surface area contributed by atoms with Crippen LogP contribution in [0, 0.1) is 0 Å². The molecular formula is C52H49N5O7S. The van der Waals surface area contributed by atoms with E-state index in [0.717, 1.165) is 50.5 Å². The number of rotatable bonds is 18. The number of carboxylic acid groups (broad SMARTS) is 1. The Balaban J connectivity index is 0.000000186. The van der Waals surface area contributed by atoms with Crippen LogP contribution in [0.3, 0.4) is 0 Å². The van der Waals surface area contributed by atoms with Crippen molar-refractivity contribution in [3.8, 4) is 23.0 Å². The second-order valence-electron chi connectivity index (χ2n) is 14.3. The molecule has 13 heteroatoms. The monoisotopic (exact) mass is 887 g/mol. The third-order valence-corrected chi connectivity index (χ3v) is 10.3. The summed E-state index contributed by atoms with van der Waals surface area (Å²) < 4.78 is 16.5. The van der Waals surface area contributed by atoms with E-state index in [0.29, 0.717) is 27.6 Å². The van der Waals surface area contributed by atoms with Crippen LogP contribution in [0.5, 0.6) is 23.0 Å². The van der Waals surface area contributed by atoms with Crippen molar-refractivity contribution in [2.45, 2.75) is 25.9 Å². The van der Waals surface area contributed by atoms with Gasteiger partial charge in [-0.2, -0.15) is 0 Å². The Morgan fingerprint density at radius 1 is 0.569 bits per heavy atom. The summed E-state index contributed by atoms with van der Waals surface area (Å²) in [5.41, 5.74) is 11.4. The summed E-state index contributed by atoms with van der Waals surface area (Å²) >= 11 is 1.23. The van der Waals surface area contributed by atoms with Crippen molar-refractivity contribution < 1.29 is 33.5 Å². The molecule has 0 aliphatic rings. The minimum absolute atomic E-state index is 0.163. The first-order chi connectivity index (χ1) is 31.8. The predicted molar refractivity (Wildman–Crippen MR) is 254 cm³/mol. The zero-order valence-electron chi connectivity index (χ0n) is 35.5. The highest BCUT2D eigenvalue weighted by Gasteiger charge is 2.10. The van der Waals surface area contributed by atoms with Gasteiger partial charge in [0, 0.05) is 30.4 Å². The molecule has 65 heavy (non-hydrogen) atoms. The van der Waals surface area contributed by atoms with Crippen molar-refractivity contribution in [2.75, 3.05) is 18.4 Å². The quantitative estimate of drug-likeness (QED) is 0.0521. The standard InChI is InChI=1S/C25H23N3O3.C22H22N2O2.C5H4O2S/c29-25(24-15-17-27-31-24)28-21-8-12-23(13-9-21)30-22-10-6-19(7-11-22)14-16-26-18-20-4-2-1-3-5-20;23-22(25)19-8-12-21(13-9-19)26-20-10-6-17(7-11-20)14-15-24-16-18-4-2-1-3-5-18;6-5(7)4-2-1-3-8-4/h1-13,15,17,26H,14,16,18H2,(H,28,29);1-13,24H,14-16H2,(H2,23,25);1-3H,(H,6,7). The van der Waals surface area contributed by atoms with E-state index < -0.39 is 11.9 Å². The van der Waals surface area contributed by atoms with E-state index in [2.05, 4.69) is 93.9 Å². The minimum Gasteiger partial charge on any atom is -0.477 e. The number of nitrogens with one attached hydrogen (secondary N) is 3. The van der Waals surface area contributed by atoms with Crippen LogP contribution in [0.25, 0.3) is 0 Å². The van der Waals surface area contributed by atoms with E-state index >= 15 is 0 Å². The fourth-order valence-corrected chi connectivity index (χ4v) is 6.62. The molecule has 0 saturated carbocycles. The molecule has 0 fully saturated rings. The van der Waals surface area contributed by atoms with Gasteiger partial charge in [-0.25, -0.2) is 4.79 Å². The maximum absolute atomic E-state index is 12.0. The van der Waals surface area contributed by atoms with Crippen LogP contribution in [0.1, 0.15) is 52.8 Å². The van der Waals surface area contributed by atoms with Crippen molar-refractivity contribution in [2.24, 2.45) is 5.73 Å². The van der Waals surface area contributed by atoms with Crippen LogP contribution >= 0.6 is 11.3 Å². The highest BCUT2D eigenvalue weighted by atomic mass is 32.1. The van der Waals surface area contributed by atoms with E-state index in [1.807, 2.05) is 36.4 Å². The van der Waals surface area contributed by atoms with Gasteiger partial charge in [0.1, 0.15) is 27.9 Å². The van der Waals surface area contributed by atoms with Crippen molar-refractivity contribution in [3.63, 3.8) is 0 Å². The number of hydrogen-bond donors (Lipinski definition) is 5. The molecule has 0 saturated heterocycles. The predicted octanol–water partition coefficient (Wildman–Crippen LogP) is 10.4. The van der Waals surface area contributed by atoms with Gasteiger partial charge in [0.2, 0.25) is 11.7 Å². The molecule has 0 unspecified atom stereocenters. The number of carbonyl (C=O) groups excluding carboxylic acids is 2. The Morgan fingerprint density at radius 2 is 1.05 bits per heavy atom.